The molecule has 1 aromatic carbocycles. The number of carbonyl (C=O) groups excluding carboxylic acids is 1. The Labute approximate surface area is 201 Å². The Morgan fingerprint density at radius 1 is 1.00 bits per heavy atom. The van der Waals surface area contributed by atoms with Crippen LogP contribution in [0.1, 0.15) is 84.6 Å². The van der Waals surface area contributed by atoms with Crippen LogP contribution < -0.4 is 4.74 Å². The number of aldehydes is 1. The van der Waals surface area contributed by atoms with E-state index in [1.54, 1.807) is 12.7 Å². The zero-order chi connectivity index (χ0) is 23.6. The Morgan fingerprint density at radius 2 is 1.76 bits per heavy atom. The van der Waals surface area contributed by atoms with E-state index in [4.69, 9.17) is 9.47 Å². The second-order valence-electron chi connectivity index (χ2n) is 11.1. The molecule has 4 aliphatic carbocycles. The van der Waals surface area contributed by atoms with Crippen LogP contribution in [0.3, 0.4) is 0 Å². The lowest BCUT2D eigenvalue weighted by Gasteiger charge is -2.58. The largest absolute Gasteiger partial charge is 0.497 e. The van der Waals surface area contributed by atoms with Crippen molar-refractivity contribution in [3.05, 3.63) is 41.5 Å². The maximum atomic E-state index is 11.7. The van der Waals surface area contributed by atoms with Gasteiger partial charge in [-0.2, -0.15) is 0 Å². The molecule has 33 heavy (non-hydrogen) atoms. The Bertz CT molecular complexity index is 843. The lowest BCUT2D eigenvalue weighted by molar-refractivity contribution is -0.117. The van der Waals surface area contributed by atoms with Crippen LogP contribution in [0.4, 0.5) is 0 Å². The topological polar surface area (TPSA) is 35.5 Å². The summed E-state index contributed by atoms with van der Waals surface area (Å²) in [6, 6.07) is 8.22. The van der Waals surface area contributed by atoms with Gasteiger partial charge in [-0.05, 0) is 97.6 Å². The molecule has 0 bridgehead atoms. The second-order valence-corrected chi connectivity index (χ2v) is 11.1. The van der Waals surface area contributed by atoms with Crippen LogP contribution in [-0.4, -0.2) is 19.5 Å². The third-order valence-corrected chi connectivity index (χ3v) is 9.94. The third-order valence-electron chi connectivity index (χ3n) is 9.94. The highest BCUT2D eigenvalue weighted by atomic mass is 16.5. The molecule has 182 valence electrons. The molecule has 3 fully saturated rings. The number of ether oxygens (including phenoxy) is 2. The van der Waals surface area contributed by atoms with Gasteiger partial charge in [0.1, 0.15) is 12.0 Å². The fourth-order valence-corrected chi connectivity index (χ4v) is 7.97. The van der Waals surface area contributed by atoms with Gasteiger partial charge in [0.05, 0.1) is 19.8 Å². The Balaban J connectivity index is 0.00000126. The van der Waals surface area contributed by atoms with Crippen LogP contribution in [0.2, 0.25) is 0 Å². The van der Waals surface area contributed by atoms with Gasteiger partial charge in [-0.25, -0.2) is 0 Å². The molecule has 0 N–H and O–H groups in total. The minimum Gasteiger partial charge on any atom is -0.497 e. The molecule has 0 radical (unpaired) electrons. The van der Waals surface area contributed by atoms with E-state index in [1.165, 1.54) is 44.0 Å². The van der Waals surface area contributed by atoms with E-state index in [1.807, 2.05) is 26.0 Å². The fourth-order valence-electron chi connectivity index (χ4n) is 7.97. The predicted octanol–water partition coefficient (Wildman–Crippen LogP) is 7.38. The molecular weight excluding hydrogens is 408 g/mol. The first kappa shape index (κ1) is 24.5. The van der Waals surface area contributed by atoms with E-state index >= 15 is 0 Å². The van der Waals surface area contributed by atoms with Gasteiger partial charge in [0.25, 0.3) is 0 Å². The number of benzene rings is 1. The van der Waals surface area contributed by atoms with Crippen LogP contribution in [0.25, 0.3) is 0 Å². The molecule has 0 saturated heterocycles. The summed E-state index contributed by atoms with van der Waals surface area (Å²) in [6.07, 6.45) is 13.8. The van der Waals surface area contributed by atoms with Crippen molar-refractivity contribution in [2.24, 2.45) is 34.5 Å². The molecule has 1 aromatic rings. The zero-order valence-corrected chi connectivity index (χ0v) is 21.4. The fraction of sp³-hybridized carbons (Fsp3) is 0.700. The van der Waals surface area contributed by atoms with Crippen molar-refractivity contribution in [2.75, 3.05) is 7.11 Å². The monoisotopic (exact) mass is 452 g/mol. The first-order valence-corrected chi connectivity index (χ1v) is 13.4. The number of allylic oxidation sites excluding steroid dienone is 1. The average Bonchev–Trinajstić information content (AvgIpc) is 3.20. The Morgan fingerprint density at radius 3 is 2.45 bits per heavy atom. The van der Waals surface area contributed by atoms with Gasteiger partial charge in [0, 0.05) is 5.92 Å². The van der Waals surface area contributed by atoms with Gasteiger partial charge in [0.15, 0.2) is 0 Å². The summed E-state index contributed by atoms with van der Waals surface area (Å²) < 4.78 is 11.6. The van der Waals surface area contributed by atoms with E-state index in [-0.39, 0.29) is 5.41 Å². The Hall–Kier alpha value is -1.61. The normalized spacial score (nSPS) is 39.2. The molecule has 0 spiro atoms. The van der Waals surface area contributed by atoms with Crippen LogP contribution >= 0.6 is 0 Å². The molecular formula is C30H44O3. The van der Waals surface area contributed by atoms with E-state index < -0.39 is 0 Å². The first-order chi connectivity index (χ1) is 16.0. The highest BCUT2D eigenvalue weighted by Gasteiger charge is 2.58. The van der Waals surface area contributed by atoms with Crippen LogP contribution in [0.5, 0.6) is 5.75 Å². The number of fused-ring (bicyclic) bond motifs is 5. The summed E-state index contributed by atoms with van der Waals surface area (Å²) in [5, 5.41) is 0. The van der Waals surface area contributed by atoms with Gasteiger partial charge in [-0.15, -0.1) is 0 Å². The smallest absolute Gasteiger partial charge is 0.123 e. The molecule has 5 rings (SSSR count). The van der Waals surface area contributed by atoms with E-state index in [0.29, 0.717) is 24.0 Å². The second kappa shape index (κ2) is 9.94. The van der Waals surface area contributed by atoms with E-state index in [9.17, 15) is 4.79 Å². The number of rotatable bonds is 5. The van der Waals surface area contributed by atoms with Crippen LogP contribution in [0, 0.1) is 34.5 Å². The minimum absolute atomic E-state index is 0.253. The average molecular weight is 453 g/mol. The van der Waals surface area contributed by atoms with Gasteiger partial charge >= 0.3 is 0 Å². The summed E-state index contributed by atoms with van der Waals surface area (Å²) in [5.74, 6) is 3.48. The third kappa shape index (κ3) is 4.31. The predicted molar refractivity (Wildman–Crippen MR) is 134 cm³/mol. The molecule has 7 atom stereocenters. The lowest BCUT2D eigenvalue weighted by Crippen LogP contribution is -2.50. The first-order valence-electron chi connectivity index (χ1n) is 13.4. The molecule has 0 heterocycles. The van der Waals surface area contributed by atoms with Crippen molar-refractivity contribution in [1.82, 2.24) is 0 Å². The van der Waals surface area contributed by atoms with Crippen LogP contribution in [0.15, 0.2) is 35.9 Å². The van der Waals surface area contributed by atoms with E-state index in [0.717, 1.165) is 42.8 Å². The minimum atomic E-state index is 0.253. The maximum absolute atomic E-state index is 11.7. The number of methoxy groups -OCH3 is 1. The maximum Gasteiger partial charge on any atom is 0.123 e. The molecule has 3 heteroatoms. The van der Waals surface area contributed by atoms with Crippen molar-refractivity contribution in [2.45, 2.75) is 91.8 Å². The molecule has 3 nitrogen and oxygen atoms in total. The molecule has 4 aliphatic rings. The number of hydrogen-bond acceptors (Lipinski definition) is 3. The number of carbonyl (C=O) groups is 1. The van der Waals surface area contributed by atoms with Crippen molar-refractivity contribution in [3.8, 4) is 5.75 Å². The molecule has 0 amide bonds. The Kier molecular flexibility index (Phi) is 7.38. The van der Waals surface area contributed by atoms with Gasteiger partial charge < -0.3 is 14.3 Å². The van der Waals surface area contributed by atoms with Crippen molar-refractivity contribution < 1.29 is 14.3 Å². The van der Waals surface area contributed by atoms with Gasteiger partial charge in [-0.3, -0.25) is 0 Å². The summed E-state index contributed by atoms with van der Waals surface area (Å²) in [4.78, 5) is 11.7. The zero-order valence-electron chi connectivity index (χ0n) is 21.4. The summed E-state index contributed by atoms with van der Waals surface area (Å²) in [5.41, 5.74) is 3.46. The van der Waals surface area contributed by atoms with Crippen molar-refractivity contribution in [3.63, 3.8) is 0 Å². The SMILES string of the molecule is CC.COc1ccc(COC2CCC3(C)C(=CCC4C3CCC3(C)C(C=O)CCC43)C2)cc1. The van der Waals surface area contributed by atoms with Gasteiger partial charge in [0.2, 0.25) is 0 Å². The molecule has 7 unspecified atom stereocenters. The summed E-state index contributed by atoms with van der Waals surface area (Å²) >= 11 is 0. The molecule has 3 saturated carbocycles. The number of hydrogen-bond donors (Lipinski definition) is 0. The molecule has 0 aliphatic heterocycles. The highest BCUT2D eigenvalue weighted by molar-refractivity contribution is 5.56. The standard InChI is InChI=1S/C28H38O3.C2H6/c1-27-14-12-23(31-18-19-4-8-22(30-3)9-5-19)16-20(27)6-10-24-25-11-7-21(17-29)28(25,2)15-13-26(24)27;1-2/h4-6,8-9,17,21,23-26H,7,10-16,18H2,1-3H3;1-2H3. The van der Waals surface area contributed by atoms with Crippen LogP contribution in [-0.2, 0) is 16.1 Å². The van der Waals surface area contributed by atoms with Crippen molar-refractivity contribution >= 4 is 6.29 Å². The highest BCUT2D eigenvalue weighted by Crippen LogP contribution is 2.66. The summed E-state index contributed by atoms with van der Waals surface area (Å²) in [6.45, 7) is 9.65. The van der Waals surface area contributed by atoms with Gasteiger partial charge in [-0.1, -0.05) is 51.5 Å². The quantitative estimate of drug-likeness (QED) is 0.345. The molecule has 0 aromatic heterocycles. The lowest BCUT2D eigenvalue weighted by atomic mass is 9.47. The van der Waals surface area contributed by atoms with E-state index in [2.05, 4.69) is 32.1 Å². The van der Waals surface area contributed by atoms with Crippen molar-refractivity contribution in [1.29, 1.82) is 0 Å². The summed E-state index contributed by atoms with van der Waals surface area (Å²) in [7, 11) is 1.70.